The predicted octanol–water partition coefficient (Wildman–Crippen LogP) is 4.88. The van der Waals surface area contributed by atoms with Crippen molar-refractivity contribution in [1.29, 1.82) is 0 Å². The standard InChI is InChI=1S/C23H22N4O/c1-17(15-26-14-6-13-25-26)27-16-24-22(20-7-4-3-5-8-20)23(27)21-11-9-19(10-12-21)18(2)28/h3-14,16-17H,15H2,1-2H3/t17-/m1/s1. The Bertz CT molecular complexity index is 1060. The fourth-order valence-corrected chi connectivity index (χ4v) is 3.42. The maximum atomic E-state index is 11.7. The predicted molar refractivity (Wildman–Crippen MR) is 110 cm³/mol. The number of benzene rings is 2. The van der Waals surface area contributed by atoms with Gasteiger partial charge < -0.3 is 4.57 Å². The van der Waals surface area contributed by atoms with Crippen molar-refractivity contribution in [2.45, 2.75) is 26.4 Å². The molecule has 0 unspecified atom stereocenters. The Morgan fingerprint density at radius 2 is 1.75 bits per heavy atom. The molecule has 5 heteroatoms. The highest BCUT2D eigenvalue weighted by Gasteiger charge is 2.19. The molecular formula is C23H22N4O. The average molecular weight is 370 g/mol. The van der Waals surface area contributed by atoms with Crippen molar-refractivity contribution < 1.29 is 4.79 Å². The number of hydrogen-bond donors (Lipinski definition) is 0. The van der Waals surface area contributed by atoms with Gasteiger partial charge in [-0.05, 0) is 19.9 Å². The second-order valence-electron chi connectivity index (χ2n) is 6.93. The molecule has 5 nitrogen and oxygen atoms in total. The molecule has 2 aromatic carbocycles. The zero-order valence-corrected chi connectivity index (χ0v) is 16.0. The van der Waals surface area contributed by atoms with E-state index in [0.29, 0.717) is 5.56 Å². The van der Waals surface area contributed by atoms with Gasteiger partial charge >= 0.3 is 0 Å². The minimum atomic E-state index is 0.0652. The number of hydrogen-bond acceptors (Lipinski definition) is 3. The molecule has 4 aromatic rings. The van der Waals surface area contributed by atoms with Crippen molar-refractivity contribution in [2.24, 2.45) is 0 Å². The second kappa shape index (κ2) is 7.64. The highest BCUT2D eigenvalue weighted by atomic mass is 16.1. The lowest BCUT2D eigenvalue weighted by molar-refractivity contribution is 0.101. The largest absolute Gasteiger partial charge is 0.325 e. The van der Waals surface area contributed by atoms with Crippen molar-refractivity contribution in [2.75, 3.05) is 0 Å². The number of carbonyl (C=O) groups is 1. The van der Waals surface area contributed by atoms with Gasteiger partial charge in [0.2, 0.25) is 0 Å². The molecule has 0 N–H and O–H groups in total. The fourth-order valence-electron chi connectivity index (χ4n) is 3.42. The van der Waals surface area contributed by atoms with Gasteiger partial charge in [-0.3, -0.25) is 9.48 Å². The summed E-state index contributed by atoms with van der Waals surface area (Å²) in [5.74, 6) is 0.0652. The molecule has 4 rings (SSSR count). The topological polar surface area (TPSA) is 52.7 Å². The second-order valence-corrected chi connectivity index (χ2v) is 6.93. The highest BCUT2D eigenvalue weighted by molar-refractivity contribution is 5.94. The third kappa shape index (κ3) is 3.51. The van der Waals surface area contributed by atoms with Crippen LogP contribution in [0.3, 0.4) is 0 Å². The summed E-state index contributed by atoms with van der Waals surface area (Å²) < 4.78 is 4.11. The van der Waals surface area contributed by atoms with E-state index < -0.39 is 0 Å². The quantitative estimate of drug-likeness (QED) is 0.455. The van der Waals surface area contributed by atoms with Crippen LogP contribution >= 0.6 is 0 Å². The maximum absolute atomic E-state index is 11.7. The van der Waals surface area contributed by atoms with Crippen LogP contribution in [-0.4, -0.2) is 25.1 Å². The Labute approximate surface area is 164 Å². The van der Waals surface area contributed by atoms with Crippen LogP contribution in [0.15, 0.2) is 79.4 Å². The van der Waals surface area contributed by atoms with E-state index in [1.165, 1.54) is 0 Å². The average Bonchev–Trinajstić information content (AvgIpc) is 3.38. The monoisotopic (exact) mass is 370 g/mol. The van der Waals surface area contributed by atoms with Crippen LogP contribution in [0.5, 0.6) is 0 Å². The van der Waals surface area contributed by atoms with Crippen molar-refractivity contribution in [3.05, 3.63) is 84.9 Å². The van der Waals surface area contributed by atoms with Crippen LogP contribution in [0.2, 0.25) is 0 Å². The van der Waals surface area contributed by atoms with Crippen LogP contribution in [0.25, 0.3) is 22.5 Å². The number of Topliss-reactive ketones (excluding diaryl/α,β-unsaturated/α-hetero) is 1. The Morgan fingerprint density at radius 1 is 1.00 bits per heavy atom. The van der Waals surface area contributed by atoms with Crippen molar-refractivity contribution in [3.63, 3.8) is 0 Å². The Morgan fingerprint density at radius 3 is 2.39 bits per heavy atom. The molecule has 2 aromatic heterocycles. The number of ketones is 1. The molecule has 0 aliphatic carbocycles. The number of rotatable bonds is 6. The molecule has 2 heterocycles. The molecular weight excluding hydrogens is 348 g/mol. The molecule has 28 heavy (non-hydrogen) atoms. The lowest BCUT2D eigenvalue weighted by atomic mass is 10.0. The lowest BCUT2D eigenvalue weighted by Gasteiger charge is -2.18. The summed E-state index contributed by atoms with van der Waals surface area (Å²) in [6.45, 7) is 4.49. The van der Waals surface area contributed by atoms with E-state index >= 15 is 0 Å². The summed E-state index contributed by atoms with van der Waals surface area (Å²) in [6, 6.07) is 20.0. The first-order chi connectivity index (χ1) is 13.6. The molecule has 0 saturated carbocycles. The smallest absolute Gasteiger partial charge is 0.159 e. The van der Waals surface area contributed by atoms with Gasteiger partial charge in [0.15, 0.2) is 5.78 Å². The first-order valence-corrected chi connectivity index (χ1v) is 9.34. The van der Waals surface area contributed by atoms with Crippen molar-refractivity contribution in [3.8, 4) is 22.5 Å². The number of nitrogens with zero attached hydrogens (tertiary/aromatic N) is 4. The van der Waals surface area contributed by atoms with Crippen LogP contribution < -0.4 is 0 Å². The Hall–Kier alpha value is -3.47. The van der Waals surface area contributed by atoms with Crippen LogP contribution in [0.4, 0.5) is 0 Å². The van der Waals surface area contributed by atoms with Gasteiger partial charge in [-0.1, -0.05) is 54.6 Å². The fraction of sp³-hybridized carbons (Fsp3) is 0.174. The van der Waals surface area contributed by atoms with Gasteiger partial charge in [0.1, 0.15) is 0 Å². The summed E-state index contributed by atoms with van der Waals surface area (Å²) in [5, 5.41) is 4.33. The normalized spacial score (nSPS) is 12.1. The first-order valence-electron chi connectivity index (χ1n) is 9.34. The third-order valence-electron chi connectivity index (χ3n) is 4.89. The van der Waals surface area contributed by atoms with E-state index in [0.717, 1.165) is 29.1 Å². The molecule has 140 valence electrons. The summed E-state index contributed by atoms with van der Waals surface area (Å²) >= 11 is 0. The minimum Gasteiger partial charge on any atom is -0.325 e. The molecule has 0 spiro atoms. The van der Waals surface area contributed by atoms with Gasteiger partial charge in [0, 0.05) is 29.1 Å². The summed E-state index contributed by atoms with van der Waals surface area (Å²) in [5.41, 5.74) is 4.79. The number of carbonyl (C=O) groups excluding carboxylic acids is 1. The molecule has 0 amide bonds. The van der Waals surface area contributed by atoms with E-state index in [1.54, 1.807) is 13.1 Å². The molecule has 0 radical (unpaired) electrons. The van der Waals surface area contributed by atoms with E-state index in [4.69, 9.17) is 4.98 Å². The molecule has 1 atom stereocenters. The van der Waals surface area contributed by atoms with Gasteiger partial charge in [0.05, 0.1) is 30.3 Å². The summed E-state index contributed by atoms with van der Waals surface area (Å²) in [6.07, 6.45) is 5.65. The van der Waals surface area contributed by atoms with E-state index in [-0.39, 0.29) is 11.8 Å². The minimum absolute atomic E-state index is 0.0652. The summed E-state index contributed by atoms with van der Waals surface area (Å²) in [7, 11) is 0. The Balaban J connectivity index is 1.80. The van der Waals surface area contributed by atoms with Crippen LogP contribution in [-0.2, 0) is 6.54 Å². The summed E-state index contributed by atoms with van der Waals surface area (Å²) in [4.78, 5) is 16.4. The molecule has 0 fully saturated rings. The van der Waals surface area contributed by atoms with Gasteiger partial charge in [-0.15, -0.1) is 0 Å². The van der Waals surface area contributed by atoms with Gasteiger partial charge in [-0.2, -0.15) is 5.10 Å². The zero-order chi connectivity index (χ0) is 19.5. The lowest BCUT2D eigenvalue weighted by Crippen LogP contribution is -2.14. The molecule has 0 bridgehead atoms. The van der Waals surface area contributed by atoms with Crippen molar-refractivity contribution in [1.82, 2.24) is 19.3 Å². The van der Waals surface area contributed by atoms with Gasteiger partial charge in [0.25, 0.3) is 0 Å². The Kier molecular flexibility index (Phi) is 4.89. The molecule has 0 aliphatic heterocycles. The molecule has 0 saturated heterocycles. The van der Waals surface area contributed by atoms with E-state index in [2.05, 4.69) is 28.7 Å². The van der Waals surface area contributed by atoms with Crippen LogP contribution in [0.1, 0.15) is 30.2 Å². The van der Waals surface area contributed by atoms with Crippen molar-refractivity contribution >= 4 is 5.78 Å². The zero-order valence-electron chi connectivity index (χ0n) is 16.0. The number of imidazole rings is 1. The first kappa shape index (κ1) is 17.9. The van der Waals surface area contributed by atoms with Gasteiger partial charge in [-0.25, -0.2) is 4.98 Å². The SMILES string of the molecule is CC(=O)c1ccc(-c2c(-c3ccccc3)ncn2[C@H](C)Cn2cccn2)cc1. The molecule has 0 aliphatic rings. The maximum Gasteiger partial charge on any atom is 0.159 e. The number of aromatic nitrogens is 4. The van der Waals surface area contributed by atoms with Crippen LogP contribution in [0, 0.1) is 0 Å². The third-order valence-corrected chi connectivity index (χ3v) is 4.89. The van der Waals surface area contributed by atoms with E-state index in [9.17, 15) is 4.79 Å². The van der Waals surface area contributed by atoms with E-state index in [1.807, 2.05) is 65.7 Å². The highest BCUT2D eigenvalue weighted by Crippen LogP contribution is 2.33.